The number of aromatic nitrogens is 2. The lowest BCUT2D eigenvalue weighted by Crippen LogP contribution is -2.10. The number of nitrogens with zero attached hydrogens (tertiary/aromatic N) is 2. The lowest BCUT2D eigenvalue weighted by molar-refractivity contribution is -0.116. The Bertz CT molecular complexity index is 847. The molecule has 1 amide bonds. The predicted molar refractivity (Wildman–Crippen MR) is 105 cm³/mol. The molecule has 0 spiro atoms. The molecule has 26 heavy (non-hydrogen) atoms. The third-order valence-electron chi connectivity index (χ3n) is 3.94. The molecule has 2 N–H and O–H groups in total. The summed E-state index contributed by atoms with van der Waals surface area (Å²) in [5, 5.41) is 6.17. The van der Waals surface area contributed by atoms with Crippen LogP contribution in [0.5, 0.6) is 0 Å². The Morgan fingerprint density at radius 2 is 1.69 bits per heavy atom. The van der Waals surface area contributed by atoms with Crippen molar-refractivity contribution in [2.45, 2.75) is 26.2 Å². The minimum Gasteiger partial charge on any atom is -0.340 e. The molecule has 0 saturated heterocycles. The maximum atomic E-state index is 11.8. The first kappa shape index (κ1) is 17.6. The summed E-state index contributed by atoms with van der Waals surface area (Å²) in [6.45, 7) is 2.07. The first-order chi connectivity index (χ1) is 12.7. The largest absolute Gasteiger partial charge is 0.340 e. The van der Waals surface area contributed by atoms with Crippen LogP contribution in [-0.2, 0) is 4.79 Å². The molecule has 0 fully saturated rings. The monoisotopic (exact) mass is 346 g/mol. The highest BCUT2D eigenvalue weighted by molar-refractivity contribution is 5.90. The van der Waals surface area contributed by atoms with E-state index in [1.54, 1.807) is 6.33 Å². The van der Waals surface area contributed by atoms with Crippen molar-refractivity contribution in [3.63, 3.8) is 0 Å². The summed E-state index contributed by atoms with van der Waals surface area (Å²) >= 11 is 0. The topological polar surface area (TPSA) is 66.9 Å². The van der Waals surface area contributed by atoms with E-state index in [0.29, 0.717) is 6.42 Å². The van der Waals surface area contributed by atoms with Gasteiger partial charge in [0.2, 0.25) is 5.91 Å². The third-order valence-corrected chi connectivity index (χ3v) is 3.94. The van der Waals surface area contributed by atoms with E-state index < -0.39 is 0 Å². The van der Waals surface area contributed by atoms with Gasteiger partial charge in [0.05, 0.1) is 5.69 Å². The number of hydrogen-bond donors (Lipinski definition) is 2. The quantitative estimate of drug-likeness (QED) is 0.630. The molecule has 2 aromatic carbocycles. The highest BCUT2D eigenvalue weighted by Gasteiger charge is 2.04. The average molecular weight is 346 g/mol. The third kappa shape index (κ3) is 4.89. The van der Waals surface area contributed by atoms with Gasteiger partial charge in [0, 0.05) is 29.4 Å². The number of hydrogen-bond acceptors (Lipinski definition) is 4. The highest BCUT2D eigenvalue weighted by atomic mass is 16.1. The van der Waals surface area contributed by atoms with Crippen LogP contribution in [0.25, 0.3) is 11.3 Å². The van der Waals surface area contributed by atoms with E-state index in [4.69, 9.17) is 0 Å². The Labute approximate surface area is 153 Å². The van der Waals surface area contributed by atoms with Crippen molar-refractivity contribution >= 4 is 23.1 Å². The summed E-state index contributed by atoms with van der Waals surface area (Å²) < 4.78 is 0. The highest BCUT2D eigenvalue weighted by Crippen LogP contribution is 2.22. The first-order valence-electron chi connectivity index (χ1n) is 8.79. The Balaban J connectivity index is 1.65. The van der Waals surface area contributed by atoms with Crippen LogP contribution in [0.2, 0.25) is 0 Å². The number of carbonyl (C=O) groups excluding carboxylic acids is 1. The molecule has 0 aliphatic heterocycles. The van der Waals surface area contributed by atoms with E-state index in [0.717, 1.165) is 41.3 Å². The normalized spacial score (nSPS) is 10.3. The lowest BCUT2D eigenvalue weighted by Gasteiger charge is -2.09. The summed E-state index contributed by atoms with van der Waals surface area (Å²) in [6.07, 6.45) is 4.02. The van der Waals surface area contributed by atoms with Crippen molar-refractivity contribution in [1.82, 2.24) is 9.97 Å². The van der Waals surface area contributed by atoms with E-state index in [9.17, 15) is 4.79 Å². The van der Waals surface area contributed by atoms with Gasteiger partial charge in [0.25, 0.3) is 0 Å². The summed E-state index contributed by atoms with van der Waals surface area (Å²) in [4.78, 5) is 20.4. The van der Waals surface area contributed by atoms with E-state index in [1.165, 1.54) is 0 Å². The van der Waals surface area contributed by atoms with E-state index >= 15 is 0 Å². The molecular formula is C21H22N4O. The van der Waals surface area contributed by atoms with Gasteiger partial charge in [-0.05, 0) is 30.7 Å². The molecule has 1 aromatic heterocycles. The molecule has 3 aromatic rings. The standard InChI is InChI=1S/C21H22N4O/c1-2-3-9-21(26)25-18-12-10-17(11-13-18)24-20-14-19(22-15-23-20)16-7-5-4-6-8-16/h4-8,10-15H,2-3,9H2,1H3,(H,25,26)(H,22,23,24). The van der Waals surface area contributed by atoms with Crippen LogP contribution in [0.15, 0.2) is 67.0 Å². The van der Waals surface area contributed by atoms with Gasteiger partial charge < -0.3 is 10.6 Å². The number of nitrogens with one attached hydrogen (secondary N) is 2. The second-order valence-electron chi connectivity index (χ2n) is 6.01. The van der Waals surface area contributed by atoms with Gasteiger partial charge in [-0.25, -0.2) is 9.97 Å². The van der Waals surface area contributed by atoms with E-state index in [1.807, 2.05) is 60.7 Å². The van der Waals surface area contributed by atoms with Crippen molar-refractivity contribution in [3.05, 3.63) is 67.0 Å². The second kappa shape index (κ2) is 8.76. The van der Waals surface area contributed by atoms with Crippen LogP contribution in [0.1, 0.15) is 26.2 Å². The smallest absolute Gasteiger partial charge is 0.224 e. The van der Waals surface area contributed by atoms with Crippen LogP contribution in [0.3, 0.4) is 0 Å². The zero-order valence-electron chi connectivity index (χ0n) is 14.8. The second-order valence-corrected chi connectivity index (χ2v) is 6.01. The van der Waals surface area contributed by atoms with Crippen molar-refractivity contribution in [1.29, 1.82) is 0 Å². The molecule has 0 aliphatic rings. The zero-order chi connectivity index (χ0) is 18.2. The fourth-order valence-electron chi connectivity index (χ4n) is 2.54. The molecule has 0 radical (unpaired) electrons. The maximum Gasteiger partial charge on any atom is 0.224 e. The maximum absolute atomic E-state index is 11.8. The number of benzene rings is 2. The Morgan fingerprint density at radius 3 is 2.42 bits per heavy atom. The summed E-state index contributed by atoms with van der Waals surface area (Å²) in [7, 11) is 0. The number of carbonyl (C=O) groups is 1. The molecule has 0 atom stereocenters. The fraction of sp³-hybridized carbons (Fsp3) is 0.190. The Kier molecular flexibility index (Phi) is 5.93. The molecule has 0 aliphatic carbocycles. The SMILES string of the molecule is CCCCC(=O)Nc1ccc(Nc2cc(-c3ccccc3)ncn2)cc1. The summed E-state index contributed by atoms with van der Waals surface area (Å²) in [5.41, 5.74) is 3.60. The first-order valence-corrected chi connectivity index (χ1v) is 8.79. The van der Waals surface area contributed by atoms with Gasteiger partial charge in [0.15, 0.2) is 0 Å². The molecule has 5 nitrogen and oxygen atoms in total. The van der Waals surface area contributed by atoms with E-state index in [2.05, 4.69) is 27.5 Å². The van der Waals surface area contributed by atoms with Gasteiger partial charge in [-0.2, -0.15) is 0 Å². The molecule has 0 unspecified atom stereocenters. The van der Waals surface area contributed by atoms with Crippen LogP contribution in [-0.4, -0.2) is 15.9 Å². The van der Waals surface area contributed by atoms with Crippen molar-refractivity contribution in [2.75, 3.05) is 10.6 Å². The van der Waals surface area contributed by atoms with Crippen molar-refractivity contribution in [2.24, 2.45) is 0 Å². The number of anilines is 3. The fourth-order valence-corrected chi connectivity index (χ4v) is 2.54. The molecule has 0 saturated carbocycles. The molecular weight excluding hydrogens is 324 g/mol. The molecule has 0 bridgehead atoms. The summed E-state index contributed by atoms with van der Waals surface area (Å²) in [5.74, 6) is 0.773. The predicted octanol–water partition coefficient (Wildman–Crippen LogP) is 5.02. The molecule has 5 heteroatoms. The number of unbranched alkanes of at least 4 members (excludes halogenated alkanes) is 1. The van der Waals surface area contributed by atoms with E-state index in [-0.39, 0.29) is 5.91 Å². The number of rotatable bonds is 7. The molecule has 3 rings (SSSR count). The van der Waals surface area contributed by atoms with Crippen LogP contribution in [0.4, 0.5) is 17.2 Å². The Hall–Kier alpha value is -3.21. The lowest BCUT2D eigenvalue weighted by atomic mass is 10.1. The van der Waals surface area contributed by atoms with Gasteiger partial charge in [-0.3, -0.25) is 4.79 Å². The van der Waals surface area contributed by atoms with Gasteiger partial charge in [0.1, 0.15) is 12.1 Å². The van der Waals surface area contributed by atoms with Crippen molar-refractivity contribution < 1.29 is 4.79 Å². The number of amides is 1. The molecule has 132 valence electrons. The Morgan fingerprint density at radius 1 is 0.962 bits per heavy atom. The zero-order valence-corrected chi connectivity index (χ0v) is 14.8. The minimum atomic E-state index is 0.0517. The molecule has 1 heterocycles. The van der Waals surface area contributed by atoms with Crippen LogP contribution < -0.4 is 10.6 Å². The van der Waals surface area contributed by atoms with Crippen LogP contribution in [0, 0.1) is 0 Å². The average Bonchev–Trinajstić information content (AvgIpc) is 2.69. The minimum absolute atomic E-state index is 0.0517. The summed E-state index contributed by atoms with van der Waals surface area (Å²) in [6, 6.07) is 19.5. The van der Waals surface area contributed by atoms with Gasteiger partial charge in [-0.15, -0.1) is 0 Å². The van der Waals surface area contributed by atoms with Gasteiger partial charge in [-0.1, -0.05) is 43.7 Å². The van der Waals surface area contributed by atoms with Crippen molar-refractivity contribution in [3.8, 4) is 11.3 Å². The van der Waals surface area contributed by atoms with Crippen LogP contribution >= 0.6 is 0 Å². The van der Waals surface area contributed by atoms with Gasteiger partial charge >= 0.3 is 0 Å².